The molecule has 0 bridgehead atoms. The summed E-state index contributed by atoms with van der Waals surface area (Å²) in [7, 11) is -2.07. The van der Waals surface area contributed by atoms with Crippen LogP contribution in [-0.4, -0.2) is 25.7 Å². The molecular formula is C11H13N3O3S. The Labute approximate surface area is 105 Å². The second kappa shape index (κ2) is 4.69. The Morgan fingerprint density at radius 1 is 1.33 bits per heavy atom. The van der Waals surface area contributed by atoms with Gasteiger partial charge >= 0.3 is 0 Å². The molecule has 2 rings (SSSR count). The molecule has 0 unspecified atom stereocenters. The molecule has 0 radical (unpaired) electrons. The summed E-state index contributed by atoms with van der Waals surface area (Å²) in [6, 6.07) is 6.20. The molecule has 2 N–H and O–H groups in total. The number of benzene rings is 1. The number of hydrogen-bond donors (Lipinski definition) is 2. The average Bonchev–Trinajstić information content (AvgIpc) is 2.81. The van der Waals surface area contributed by atoms with Gasteiger partial charge in [0.15, 0.2) is 0 Å². The Bertz CT molecular complexity index is 636. The Morgan fingerprint density at radius 3 is 2.67 bits per heavy atom. The monoisotopic (exact) mass is 267 g/mol. The van der Waals surface area contributed by atoms with Crippen molar-refractivity contribution in [3.63, 3.8) is 0 Å². The minimum atomic E-state index is -3.61. The maximum absolute atomic E-state index is 12.1. The van der Waals surface area contributed by atoms with Crippen molar-refractivity contribution in [2.75, 3.05) is 11.8 Å². The third kappa shape index (κ3) is 2.45. The number of rotatable bonds is 4. The summed E-state index contributed by atoms with van der Waals surface area (Å²) in [6.45, 7) is 1.79. The summed E-state index contributed by atoms with van der Waals surface area (Å²) >= 11 is 0. The van der Waals surface area contributed by atoms with Crippen LogP contribution in [0.1, 0.15) is 5.56 Å². The molecule has 0 saturated heterocycles. The number of H-pyrrole nitrogens is 1. The van der Waals surface area contributed by atoms with E-state index in [0.717, 1.165) is 5.56 Å². The third-order valence-electron chi connectivity index (χ3n) is 2.42. The van der Waals surface area contributed by atoms with Gasteiger partial charge in [-0.2, -0.15) is 5.10 Å². The number of nitrogens with one attached hydrogen (secondary N) is 2. The summed E-state index contributed by atoms with van der Waals surface area (Å²) in [4.78, 5) is 0.176. The van der Waals surface area contributed by atoms with E-state index in [9.17, 15) is 8.42 Å². The van der Waals surface area contributed by atoms with Crippen LogP contribution in [0.15, 0.2) is 35.4 Å². The van der Waals surface area contributed by atoms with E-state index in [-0.39, 0.29) is 4.90 Å². The van der Waals surface area contributed by atoms with Crippen molar-refractivity contribution in [1.82, 2.24) is 10.2 Å². The summed E-state index contributed by atoms with van der Waals surface area (Å²) in [6.07, 6.45) is 1.47. The second-order valence-electron chi connectivity index (χ2n) is 3.71. The number of hydrogen-bond acceptors (Lipinski definition) is 4. The molecule has 0 aliphatic heterocycles. The highest BCUT2D eigenvalue weighted by molar-refractivity contribution is 7.92. The minimum absolute atomic E-state index is 0.176. The van der Waals surface area contributed by atoms with Crippen LogP contribution >= 0.6 is 0 Å². The molecule has 0 aliphatic carbocycles. The van der Waals surface area contributed by atoms with E-state index in [2.05, 4.69) is 14.9 Å². The number of nitrogens with zero attached hydrogens (tertiary/aromatic N) is 1. The van der Waals surface area contributed by atoms with E-state index in [1.54, 1.807) is 26.2 Å². The van der Waals surface area contributed by atoms with Crippen molar-refractivity contribution in [3.8, 4) is 5.75 Å². The minimum Gasteiger partial charge on any atom is -0.496 e. The summed E-state index contributed by atoms with van der Waals surface area (Å²) in [5, 5.41) is 6.21. The predicted molar refractivity (Wildman–Crippen MR) is 67.1 cm³/mol. The lowest BCUT2D eigenvalue weighted by atomic mass is 10.2. The van der Waals surface area contributed by atoms with E-state index < -0.39 is 10.0 Å². The van der Waals surface area contributed by atoms with Gasteiger partial charge in [-0.05, 0) is 30.7 Å². The molecule has 1 heterocycles. The molecule has 0 atom stereocenters. The zero-order valence-electron chi connectivity index (χ0n) is 9.97. The fraction of sp³-hybridized carbons (Fsp3) is 0.182. The lowest BCUT2D eigenvalue weighted by Crippen LogP contribution is -2.13. The number of aromatic amines is 1. The fourth-order valence-corrected chi connectivity index (χ4v) is 2.63. The van der Waals surface area contributed by atoms with Gasteiger partial charge in [-0.3, -0.25) is 9.82 Å². The highest BCUT2D eigenvalue weighted by atomic mass is 32.2. The maximum atomic E-state index is 12.1. The fourth-order valence-electron chi connectivity index (χ4n) is 1.53. The van der Waals surface area contributed by atoms with Crippen molar-refractivity contribution in [2.24, 2.45) is 0 Å². The molecule has 0 aliphatic rings. The number of aromatic nitrogens is 2. The van der Waals surface area contributed by atoms with Crippen LogP contribution in [0.2, 0.25) is 0 Å². The molecule has 1 aromatic heterocycles. The largest absolute Gasteiger partial charge is 0.496 e. The first kappa shape index (κ1) is 12.4. The van der Waals surface area contributed by atoms with E-state index in [0.29, 0.717) is 11.6 Å². The van der Waals surface area contributed by atoms with Gasteiger partial charge in [-0.1, -0.05) is 0 Å². The molecule has 0 saturated carbocycles. The topological polar surface area (TPSA) is 84.1 Å². The summed E-state index contributed by atoms with van der Waals surface area (Å²) in [5.74, 6) is 0.971. The first-order valence-corrected chi connectivity index (χ1v) is 6.68. The summed E-state index contributed by atoms with van der Waals surface area (Å²) < 4.78 is 31.6. The highest BCUT2D eigenvalue weighted by Crippen LogP contribution is 2.22. The van der Waals surface area contributed by atoms with Crippen LogP contribution in [0, 0.1) is 6.92 Å². The first-order chi connectivity index (χ1) is 8.53. The van der Waals surface area contributed by atoms with Crippen molar-refractivity contribution in [2.45, 2.75) is 11.8 Å². The van der Waals surface area contributed by atoms with Gasteiger partial charge in [-0.25, -0.2) is 8.42 Å². The van der Waals surface area contributed by atoms with Gasteiger partial charge in [-0.15, -0.1) is 0 Å². The second-order valence-corrected chi connectivity index (χ2v) is 5.39. The van der Waals surface area contributed by atoms with Crippen LogP contribution < -0.4 is 9.46 Å². The molecular weight excluding hydrogens is 254 g/mol. The molecule has 0 spiro atoms. The Kier molecular flexibility index (Phi) is 3.24. The van der Waals surface area contributed by atoms with Crippen LogP contribution in [0.5, 0.6) is 5.75 Å². The molecule has 0 fully saturated rings. The van der Waals surface area contributed by atoms with Crippen molar-refractivity contribution in [3.05, 3.63) is 36.0 Å². The Morgan fingerprint density at radius 2 is 2.11 bits per heavy atom. The molecule has 18 heavy (non-hydrogen) atoms. The first-order valence-electron chi connectivity index (χ1n) is 5.20. The normalized spacial score (nSPS) is 11.2. The Balaban J connectivity index is 2.33. The highest BCUT2D eigenvalue weighted by Gasteiger charge is 2.15. The molecule has 7 heteroatoms. The van der Waals surface area contributed by atoms with Gasteiger partial charge in [0.05, 0.1) is 18.2 Å². The van der Waals surface area contributed by atoms with Crippen molar-refractivity contribution >= 4 is 15.8 Å². The van der Waals surface area contributed by atoms with E-state index in [4.69, 9.17) is 4.74 Å². The number of ether oxygens (including phenoxy) is 1. The average molecular weight is 267 g/mol. The van der Waals surface area contributed by atoms with E-state index in [1.165, 1.54) is 18.3 Å². The number of methoxy groups -OCH3 is 1. The summed E-state index contributed by atoms with van der Waals surface area (Å²) in [5.41, 5.74) is 0.755. The zero-order valence-corrected chi connectivity index (χ0v) is 10.8. The Hall–Kier alpha value is -2.02. The standard InChI is InChI=1S/C11H13N3O3S/c1-8-7-9(3-4-10(8)17-2)18(15,16)14-11-5-6-12-13-11/h3-7H,1-2H3,(H2,12,13,14). The molecule has 2 aromatic rings. The number of sulfonamides is 1. The molecule has 96 valence electrons. The van der Waals surface area contributed by atoms with Crippen LogP contribution in [-0.2, 0) is 10.0 Å². The smallest absolute Gasteiger partial charge is 0.263 e. The number of anilines is 1. The van der Waals surface area contributed by atoms with Gasteiger partial charge in [0.1, 0.15) is 11.6 Å². The maximum Gasteiger partial charge on any atom is 0.263 e. The van der Waals surface area contributed by atoms with Gasteiger partial charge in [0.2, 0.25) is 0 Å². The van der Waals surface area contributed by atoms with Gasteiger partial charge in [0, 0.05) is 6.07 Å². The lowest BCUT2D eigenvalue weighted by Gasteiger charge is -2.09. The van der Waals surface area contributed by atoms with Crippen LogP contribution in [0.4, 0.5) is 5.82 Å². The van der Waals surface area contributed by atoms with Crippen LogP contribution in [0.25, 0.3) is 0 Å². The van der Waals surface area contributed by atoms with E-state index >= 15 is 0 Å². The molecule has 6 nitrogen and oxygen atoms in total. The molecule has 1 aromatic carbocycles. The van der Waals surface area contributed by atoms with Crippen molar-refractivity contribution < 1.29 is 13.2 Å². The SMILES string of the molecule is COc1ccc(S(=O)(=O)Nc2ccn[nH]2)cc1C. The third-order valence-corrected chi connectivity index (χ3v) is 3.78. The predicted octanol–water partition coefficient (Wildman–Crippen LogP) is 1.53. The van der Waals surface area contributed by atoms with Gasteiger partial charge in [0.25, 0.3) is 10.0 Å². The van der Waals surface area contributed by atoms with Crippen LogP contribution in [0.3, 0.4) is 0 Å². The zero-order chi connectivity index (χ0) is 13.2. The quantitative estimate of drug-likeness (QED) is 0.879. The number of aryl methyl sites for hydroxylation is 1. The molecule has 0 amide bonds. The lowest BCUT2D eigenvalue weighted by molar-refractivity contribution is 0.411. The van der Waals surface area contributed by atoms with Gasteiger partial charge < -0.3 is 4.74 Å². The van der Waals surface area contributed by atoms with Crippen molar-refractivity contribution in [1.29, 1.82) is 0 Å². The van der Waals surface area contributed by atoms with E-state index in [1.807, 2.05) is 0 Å².